The van der Waals surface area contributed by atoms with E-state index in [-0.39, 0.29) is 11.7 Å². The van der Waals surface area contributed by atoms with E-state index in [9.17, 15) is 4.79 Å². The van der Waals surface area contributed by atoms with Crippen molar-refractivity contribution in [2.24, 2.45) is 11.7 Å². The number of hydrogen-bond acceptors (Lipinski definition) is 4. The Morgan fingerprint density at radius 1 is 1.33 bits per heavy atom. The van der Waals surface area contributed by atoms with Crippen molar-refractivity contribution in [2.75, 3.05) is 19.8 Å². The summed E-state index contributed by atoms with van der Waals surface area (Å²) in [6, 6.07) is 3.65. The predicted molar refractivity (Wildman–Crippen MR) is 69.3 cm³/mol. The summed E-state index contributed by atoms with van der Waals surface area (Å²) >= 11 is 0. The lowest BCUT2D eigenvalue weighted by Gasteiger charge is -2.21. The third-order valence-electron chi connectivity index (χ3n) is 3.30. The smallest absolute Gasteiger partial charge is 0.167 e. The number of rotatable bonds is 4. The molecule has 1 aromatic rings. The Morgan fingerprint density at radius 3 is 2.50 bits per heavy atom. The molecule has 2 rings (SSSR count). The lowest BCUT2D eigenvalue weighted by atomic mass is 9.92. The number of aryl methyl sites for hydroxylation is 1. The quantitative estimate of drug-likeness (QED) is 0.828. The third kappa shape index (κ3) is 2.34. The molecule has 2 N–H and O–H groups in total. The van der Waals surface area contributed by atoms with Crippen LogP contribution in [0.25, 0.3) is 0 Å². The molecule has 4 heteroatoms. The van der Waals surface area contributed by atoms with Crippen LogP contribution in [0.1, 0.15) is 29.3 Å². The SMILES string of the molecule is CCC(CN)C(=O)c1cc2c(cc1C)OCCO2. The van der Waals surface area contributed by atoms with E-state index in [0.717, 1.165) is 17.7 Å². The van der Waals surface area contributed by atoms with Gasteiger partial charge in [0.15, 0.2) is 17.3 Å². The van der Waals surface area contributed by atoms with Crippen LogP contribution in [0.3, 0.4) is 0 Å². The third-order valence-corrected chi connectivity index (χ3v) is 3.30. The second-order valence-corrected chi connectivity index (χ2v) is 4.52. The Kier molecular flexibility index (Phi) is 3.87. The normalized spacial score (nSPS) is 15.3. The van der Waals surface area contributed by atoms with Gasteiger partial charge in [0, 0.05) is 18.0 Å². The molecule has 0 radical (unpaired) electrons. The first-order valence-electron chi connectivity index (χ1n) is 6.31. The fourth-order valence-corrected chi connectivity index (χ4v) is 2.13. The number of Topliss-reactive ketones (excluding diaryl/α,β-unsaturated/α-hetero) is 1. The maximum Gasteiger partial charge on any atom is 0.167 e. The highest BCUT2D eigenvalue weighted by molar-refractivity contribution is 6.00. The summed E-state index contributed by atoms with van der Waals surface area (Å²) in [6.45, 7) is 5.35. The van der Waals surface area contributed by atoms with Crippen LogP contribution in [0.4, 0.5) is 0 Å². The first-order chi connectivity index (χ1) is 8.67. The highest BCUT2D eigenvalue weighted by Crippen LogP contribution is 2.33. The second-order valence-electron chi connectivity index (χ2n) is 4.52. The molecule has 98 valence electrons. The molecular weight excluding hydrogens is 230 g/mol. The molecule has 0 saturated carbocycles. The van der Waals surface area contributed by atoms with Crippen molar-refractivity contribution in [1.82, 2.24) is 0 Å². The van der Waals surface area contributed by atoms with E-state index in [2.05, 4.69) is 0 Å². The summed E-state index contributed by atoms with van der Waals surface area (Å²) in [5, 5.41) is 0. The summed E-state index contributed by atoms with van der Waals surface area (Å²) in [5.41, 5.74) is 7.24. The number of fused-ring (bicyclic) bond motifs is 1. The van der Waals surface area contributed by atoms with Crippen molar-refractivity contribution < 1.29 is 14.3 Å². The molecule has 0 amide bonds. The first-order valence-corrected chi connectivity index (χ1v) is 6.31. The Bertz CT molecular complexity index is 453. The van der Waals surface area contributed by atoms with Gasteiger partial charge in [-0.05, 0) is 31.0 Å². The van der Waals surface area contributed by atoms with Gasteiger partial charge in [-0.25, -0.2) is 0 Å². The van der Waals surface area contributed by atoms with E-state index in [1.165, 1.54) is 0 Å². The second kappa shape index (κ2) is 5.40. The van der Waals surface area contributed by atoms with Gasteiger partial charge in [-0.3, -0.25) is 4.79 Å². The maximum atomic E-state index is 12.3. The van der Waals surface area contributed by atoms with E-state index >= 15 is 0 Å². The van der Waals surface area contributed by atoms with Crippen LogP contribution in [0.15, 0.2) is 12.1 Å². The first kappa shape index (κ1) is 12.9. The van der Waals surface area contributed by atoms with Gasteiger partial charge in [0.2, 0.25) is 0 Å². The number of carbonyl (C=O) groups is 1. The van der Waals surface area contributed by atoms with Crippen LogP contribution in [0.5, 0.6) is 11.5 Å². The standard InChI is InChI=1S/C14H19NO3/c1-3-10(8-15)14(16)11-7-13-12(6-9(11)2)17-4-5-18-13/h6-7,10H,3-5,8,15H2,1-2H3. The number of carbonyl (C=O) groups excluding carboxylic acids is 1. The molecule has 4 nitrogen and oxygen atoms in total. The average molecular weight is 249 g/mol. The zero-order valence-electron chi connectivity index (χ0n) is 10.9. The monoisotopic (exact) mass is 249 g/mol. The van der Waals surface area contributed by atoms with Gasteiger partial charge in [0.25, 0.3) is 0 Å². The number of ether oxygens (including phenoxy) is 2. The van der Waals surface area contributed by atoms with Crippen molar-refractivity contribution in [3.05, 3.63) is 23.3 Å². The van der Waals surface area contributed by atoms with Gasteiger partial charge in [-0.15, -0.1) is 0 Å². The van der Waals surface area contributed by atoms with Crippen molar-refractivity contribution in [1.29, 1.82) is 0 Å². The molecule has 0 aromatic heterocycles. The van der Waals surface area contributed by atoms with Gasteiger partial charge in [-0.2, -0.15) is 0 Å². The molecule has 0 bridgehead atoms. The average Bonchev–Trinajstić information content (AvgIpc) is 2.39. The number of benzene rings is 1. The lowest BCUT2D eigenvalue weighted by Crippen LogP contribution is -2.24. The molecule has 1 heterocycles. The van der Waals surface area contributed by atoms with Crippen LogP contribution < -0.4 is 15.2 Å². The van der Waals surface area contributed by atoms with Crippen molar-refractivity contribution in [3.63, 3.8) is 0 Å². The van der Waals surface area contributed by atoms with Gasteiger partial charge < -0.3 is 15.2 Å². The van der Waals surface area contributed by atoms with E-state index in [1.807, 2.05) is 19.9 Å². The molecule has 0 fully saturated rings. The minimum absolute atomic E-state index is 0.0921. The molecule has 18 heavy (non-hydrogen) atoms. The minimum atomic E-state index is -0.119. The summed E-state index contributed by atoms with van der Waals surface area (Å²) in [4.78, 5) is 12.3. The van der Waals surface area contributed by atoms with Crippen LogP contribution in [-0.2, 0) is 0 Å². The zero-order chi connectivity index (χ0) is 13.1. The number of nitrogens with two attached hydrogens (primary N) is 1. The number of ketones is 1. The largest absolute Gasteiger partial charge is 0.486 e. The minimum Gasteiger partial charge on any atom is -0.486 e. The Balaban J connectivity index is 2.36. The molecule has 1 aliphatic rings. The maximum absolute atomic E-state index is 12.3. The van der Waals surface area contributed by atoms with Crippen molar-refractivity contribution >= 4 is 5.78 Å². The predicted octanol–water partition coefficient (Wildman–Crippen LogP) is 1.93. The van der Waals surface area contributed by atoms with Crippen LogP contribution in [-0.4, -0.2) is 25.5 Å². The molecule has 0 aliphatic carbocycles. The van der Waals surface area contributed by atoms with Gasteiger partial charge in [-0.1, -0.05) is 6.92 Å². The lowest BCUT2D eigenvalue weighted by molar-refractivity contribution is 0.0919. The highest BCUT2D eigenvalue weighted by atomic mass is 16.6. The molecule has 1 aromatic carbocycles. The molecule has 1 atom stereocenters. The van der Waals surface area contributed by atoms with Crippen LogP contribution in [0.2, 0.25) is 0 Å². The molecular formula is C14H19NO3. The Morgan fingerprint density at radius 2 is 1.94 bits per heavy atom. The Labute approximate surface area is 107 Å². The zero-order valence-corrected chi connectivity index (χ0v) is 10.9. The summed E-state index contributed by atoms with van der Waals surface area (Å²) in [6.07, 6.45) is 0.753. The summed E-state index contributed by atoms with van der Waals surface area (Å²) in [5.74, 6) is 1.35. The fourth-order valence-electron chi connectivity index (χ4n) is 2.13. The van der Waals surface area contributed by atoms with Crippen molar-refractivity contribution in [3.8, 4) is 11.5 Å². The van der Waals surface area contributed by atoms with E-state index in [1.54, 1.807) is 6.07 Å². The van der Waals surface area contributed by atoms with Gasteiger partial charge in [0.1, 0.15) is 13.2 Å². The number of hydrogen-bond donors (Lipinski definition) is 1. The van der Waals surface area contributed by atoms with Crippen LogP contribution in [0, 0.1) is 12.8 Å². The van der Waals surface area contributed by atoms with Gasteiger partial charge >= 0.3 is 0 Å². The summed E-state index contributed by atoms with van der Waals surface area (Å²) in [7, 11) is 0. The molecule has 0 saturated heterocycles. The highest BCUT2D eigenvalue weighted by Gasteiger charge is 2.22. The van der Waals surface area contributed by atoms with Crippen molar-refractivity contribution in [2.45, 2.75) is 20.3 Å². The van der Waals surface area contributed by atoms with Gasteiger partial charge in [0.05, 0.1) is 0 Å². The molecule has 1 unspecified atom stereocenters. The van der Waals surface area contributed by atoms with E-state index < -0.39 is 0 Å². The molecule has 0 spiro atoms. The Hall–Kier alpha value is -1.55. The molecule has 1 aliphatic heterocycles. The summed E-state index contributed by atoms with van der Waals surface area (Å²) < 4.78 is 11.0. The van der Waals surface area contributed by atoms with Crippen LogP contribution >= 0.6 is 0 Å². The topological polar surface area (TPSA) is 61.6 Å². The van der Waals surface area contributed by atoms with E-state index in [0.29, 0.717) is 31.1 Å². The fraction of sp³-hybridized carbons (Fsp3) is 0.500. The van der Waals surface area contributed by atoms with E-state index in [4.69, 9.17) is 15.2 Å².